The lowest BCUT2D eigenvalue weighted by Crippen LogP contribution is -2.14. The van der Waals surface area contributed by atoms with Gasteiger partial charge in [-0.1, -0.05) is 39.7 Å². The third-order valence-electron chi connectivity index (χ3n) is 2.68. The number of hydrogen-bond acceptors (Lipinski definition) is 3. The number of anilines is 1. The normalized spacial score (nSPS) is 11.3. The van der Waals surface area contributed by atoms with Gasteiger partial charge in [0.05, 0.1) is 16.3 Å². The quantitative estimate of drug-likeness (QED) is 0.654. The summed E-state index contributed by atoms with van der Waals surface area (Å²) in [5.41, 5.74) is 1.95. The largest absolute Gasteiger partial charge is 0.278 e. The minimum atomic E-state index is -3.62. The highest BCUT2D eigenvalue weighted by Gasteiger charge is 2.15. The van der Waals surface area contributed by atoms with Crippen LogP contribution in [0.4, 0.5) is 5.69 Å². The third-order valence-corrected chi connectivity index (χ3v) is 4.92. The third kappa shape index (κ3) is 3.50. The van der Waals surface area contributed by atoms with Gasteiger partial charge >= 0.3 is 0 Å². The Labute approximate surface area is 131 Å². The predicted octanol–water partition coefficient (Wildman–Crippen LogP) is 3.74. The standard InChI is InChI=1S/C13H12BrClN2O2S/c1-9-12(6-7-13(15)16-9)17-20(18,19)11-4-2-10(8-14)3-5-11/h2-7,17H,8H2,1H3. The van der Waals surface area contributed by atoms with E-state index in [1.165, 1.54) is 0 Å². The van der Waals surface area contributed by atoms with Crippen molar-refractivity contribution in [3.05, 3.63) is 52.8 Å². The van der Waals surface area contributed by atoms with Crippen LogP contribution in [0, 0.1) is 6.92 Å². The van der Waals surface area contributed by atoms with E-state index in [2.05, 4.69) is 25.6 Å². The zero-order chi connectivity index (χ0) is 14.8. The molecule has 0 aliphatic rings. The first-order valence-electron chi connectivity index (χ1n) is 5.73. The summed E-state index contributed by atoms with van der Waals surface area (Å²) in [5.74, 6) is 0. The lowest BCUT2D eigenvalue weighted by Gasteiger charge is -2.10. The molecule has 2 rings (SSSR count). The summed E-state index contributed by atoms with van der Waals surface area (Å²) >= 11 is 9.06. The van der Waals surface area contributed by atoms with Gasteiger partial charge in [0.1, 0.15) is 5.15 Å². The van der Waals surface area contributed by atoms with Crippen LogP contribution in [0.1, 0.15) is 11.3 Å². The number of aromatic nitrogens is 1. The van der Waals surface area contributed by atoms with Gasteiger partial charge < -0.3 is 0 Å². The Kier molecular flexibility index (Phi) is 4.67. The average molecular weight is 376 g/mol. The highest BCUT2D eigenvalue weighted by Crippen LogP contribution is 2.20. The summed E-state index contributed by atoms with van der Waals surface area (Å²) in [6.45, 7) is 1.69. The number of alkyl halides is 1. The second-order valence-electron chi connectivity index (χ2n) is 4.15. The molecule has 106 valence electrons. The average Bonchev–Trinajstić information content (AvgIpc) is 2.42. The van der Waals surface area contributed by atoms with Gasteiger partial charge in [-0.3, -0.25) is 4.72 Å². The van der Waals surface area contributed by atoms with Crippen LogP contribution in [-0.2, 0) is 15.4 Å². The van der Waals surface area contributed by atoms with Crippen LogP contribution >= 0.6 is 27.5 Å². The molecule has 0 atom stereocenters. The van der Waals surface area contributed by atoms with E-state index < -0.39 is 10.0 Å². The molecule has 0 saturated heterocycles. The molecule has 0 aliphatic heterocycles. The van der Waals surface area contributed by atoms with E-state index in [0.717, 1.165) is 5.56 Å². The summed E-state index contributed by atoms with van der Waals surface area (Å²) < 4.78 is 27.0. The van der Waals surface area contributed by atoms with Crippen molar-refractivity contribution in [1.29, 1.82) is 0 Å². The number of hydrogen-bond donors (Lipinski definition) is 1. The Morgan fingerprint density at radius 2 is 1.85 bits per heavy atom. The van der Waals surface area contributed by atoms with Crippen LogP contribution in [0.15, 0.2) is 41.3 Å². The van der Waals surface area contributed by atoms with Crippen molar-refractivity contribution >= 4 is 43.2 Å². The van der Waals surface area contributed by atoms with Crippen molar-refractivity contribution in [3.8, 4) is 0 Å². The topological polar surface area (TPSA) is 59.1 Å². The van der Waals surface area contributed by atoms with Crippen LogP contribution in [0.2, 0.25) is 5.15 Å². The Morgan fingerprint density at radius 3 is 2.40 bits per heavy atom. The van der Waals surface area contributed by atoms with Gasteiger partial charge in [-0.25, -0.2) is 13.4 Å². The first-order valence-corrected chi connectivity index (χ1v) is 8.71. The number of halogens is 2. The number of benzene rings is 1. The van der Waals surface area contributed by atoms with Crippen molar-refractivity contribution in [2.45, 2.75) is 17.1 Å². The number of sulfonamides is 1. The Morgan fingerprint density at radius 1 is 1.20 bits per heavy atom. The molecular weight excluding hydrogens is 364 g/mol. The SMILES string of the molecule is Cc1nc(Cl)ccc1NS(=O)(=O)c1ccc(CBr)cc1. The Bertz CT molecular complexity index is 718. The first-order chi connectivity index (χ1) is 9.42. The minimum Gasteiger partial charge on any atom is -0.278 e. The first kappa shape index (κ1) is 15.3. The molecule has 0 spiro atoms. The maximum absolute atomic E-state index is 12.3. The molecule has 4 nitrogen and oxygen atoms in total. The summed E-state index contributed by atoms with van der Waals surface area (Å²) in [7, 11) is -3.62. The van der Waals surface area contributed by atoms with Crippen molar-refractivity contribution in [2.75, 3.05) is 4.72 Å². The molecule has 1 N–H and O–H groups in total. The maximum atomic E-state index is 12.3. The number of nitrogens with one attached hydrogen (secondary N) is 1. The van der Waals surface area contributed by atoms with Crippen LogP contribution in [0.25, 0.3) is 0 Å². The van der Waals surface area contributed by atoms with E-state index >= 15 is 0 Å². The van der Waals surface area contributed by atoms with E-state index in [9.17, 15) is 8.42 Å². The zero-order valence-corrected chi connectivity index (χ0v) is 13.8. The minimum absolute atomic E-state index is 0.205. The fraction of sp³-hybridized carbons (Fsp3) is 0.154. The lowest BCUT2D eigenvalue weighted by molar-refractivity contribution is 0.601. The van der Waals surface area contributed by atoms with Gasteiger partial charge in [-0.05, 0) is 36.8 Å². The van der Waals surface area contributed by atoms with Crippen molar-refractivity contribution in [1.82, 2.24) is 4.98 Å². The van der Waals surface area contributed by atoms with Gasteiger partial charge in [0.15, 0.2) is 0 Å². The zero-order valence-electron chi connectivity index (χ0n) is 10.6. The fourth-order valence-electron chi connectivity index (χ4n) is 1.60. The van der Waals surface area contributed by atoms with Gasteiger partial charge in [-0.15, -0.1) is 0 Å². The smallest absolute Gasteiger partial charge is 0.261 e. The molecule has 20 heavy (non-hydrogen) atoms. The highest BCUT2D eigenvalue weighted by atomic mass is 79.9. The number of pyridine rings is 1. The number of rotatable bonds is 4. The lowest BCUT2D eigenvalue weighted by atomic mass is 10.2. The molecule has 0 amide bonds. The molecule has 2 aromatic rings. The molecular formula is C13H12BrClN2O2S. The molecule has 1 aromatic heterocycles. The monoisotopic (exact) mass is 374 g/mol. The van der Waals surface area contributed by atoms with Crippen molar-refractivity contribution in [2.24, 2.45) is 0 Å². The molecule has 0 unspecified atom stereocenters. The van der Waals surface area contributed by atoms with Crippen LogP contribution in [0.3, 0.4) is 0 Å². The summed E-state index contributed by atoms with van der Waals surface area (Å²) in [5, 5.41) is 1.01. The Balaban J connectivity index is 2.30. The summed E-state index contributed by atoms with van der Waals surface area (Å²) in [6, 6.07) is 9.79. The van der Waals surface area contributed by atoms with Gasteiger partial charge in [-0.2, -0.15) is 0 Å². The molecule has 1 aromatic carbocycles. The predicted molar refractivity (Wildman–Crippen MR) is 83.9 cm³/mol. The summed E-state index contributed by atoms with van der Waals surface area (Å²) in [4.78, 5) is 4.22. The molecule has 0 radical (unpaired) electrons. The van der Waals surface area contributed by atoms with Crippen molar-refractivity contribution in [3.63, 3.8) is 0 Å². The van der Waals surface area contributed by atoms with E-state index in [4.69, 9.17) is 11.6 Å². The fourth-order valence-corrected chi connectivity index (χ4v) is 3.28. The second kappa shape index (κ2) is 6.11. The highest BCUT2D eigenvalue weighted by molar-refractivity contribution is 9.08. The number of aryl methyl sites for hydroxylation is 1. The van der Waals surface area contributed by atoms with Crippen LogP contribution < -0.4 is 4.72 Å². The van der Waals surface area contributed by atoms with Crippen LogP contribution in [0.5, 0.6) is 0 Å². The molecule has 0 bridgehead atoms. The molecule has 7 heteroatoms. The van der Waals surface area contributed by atoms with E-state index in [1.807, 2.05) is 0 Å². The van der Waals surface area contributed by atoms with Crippen LogP contribution in [-0.4, -0.2) is 13.4 Å². The molecule has 0 fully saturated rings. The second-order valence-corrected chi connectivity index (χ2v) is 6.78. The molecule has 1 heterocycles. The van der Waals surface area contributed by atoms with E-state index in [0.29, 0.717) is 21.9 Å². The van der Waals surface area contributed by atoms with Gasteiger partial charge in [0.2, 0.25) is 0 Å². The van der Waals surface area contributed by atoms with Crippen molar-refractivity contribution < 1.29 is 8.42 Å². The maximum Gasteiger partial charge on any atom is 0.261 e. The van der Waals surface area contributed by atoms with Gasteiger partial charge in [0, 0.05) is 5.33 Å². The summed E-state index contributed by atoms with van der Waals surface area (Å²) in [6.07, 6.45) is 0. The van der Waals surface area contributed by atoms with E-state index in [1.54, 1.807) is 43.3 Å². The van der Waals surface area contributed by atoms with Gasteiger partial charge in [0.25, 0.3) is 10.0 Å². The van der Waals surface area contributed by atoms with E-state index in [-0.39, 0.29) is 4.90 Å². The number of nitrogens with zero attached hydrogens (tertiary/aromatic N) is 1. The Hall–Kier alpha value is -1.11. The molecule has 0 saturated carbocycles. The molecule has 0 aliphatic carbocycles.